The first-order chi connectivity index (χ1) is 12.0. The molecular formula is C16H18N6O3. The van der Waals surface area contributed by atoms with Gasteiger partial charge in [0.15, 0.2) is 11.4 Å². The van der Waals surface area contributed by atoms with Gasteiger partial charge < -0.3 is 20.6 Å². The smallest absolute Gasteiger partial charge is 0.358 e. The summed E-state index contributed by atoms with van der Waals surface area (Å²) in [5.74, 6) is 5.14. The van der Waals surface area contributed by atoms with E-state index in [1.165, 1.54) is 17.9 Å². The number of nitrogens with zero attached hydrogens (tertiary/aromatic N) is 3. The number of aromatic nitrogens is 2. The first-order valence-corrected chi connectivity index (χ1v) is 7.21. The van der Waals surface area contributed by atoms with Crippen molar-refractivity contribution in [1.82, 2.24) is 15.2 Å². The van der Waals surface area contributed by atoms with Crippen LogP contribution in [0.25, 0.3) is 5.70 Å². The number of hydrogen-bond acceptors (Lipinski definition) is 8. The zero-order valence-corrected chi connectivity index (χ0v) is 13.8. The molecule has 0 fully saturated rings. The Balaban J connectivity index is 2.16. The average Bonchev–Trinajstić information content (AvgIpc) is 3.01. The summed E-state index contributed by atoms with van der Waals surface area (Å²) in [6, 6.07) is 10.5. The van der Waals surface area contributed by atoms with Gasteiger partial charge in [-0.15, -0.1) is 0 Å². The normalized spacial score (nSPS) is 11.3. The number of carbonyl (C=O) groups is 1. The van der Waals surface area contributed by atoms with E-state index in [-0.39, 0.29) is 23.7 Å². The third kappa shape index (κ3) is 4.07. The van der Waals surface area contributed by atoms with Crippen LogP contribution in [0, 0.1) is 11.3 Å². The number of nitriles is 1. The van der Waals surface area contributed by atoms with Crippen LogP contribution in [0.5, 0.6) is 5.88 Å². The zero-order valence-electron chi connectivity index (χ0n) is 13.8. The van der Waals surface area contributed by atoms with Gasteiger partial charge in [0, 0.05) is 18.7 Å². The molecule has 0 spiro atoms. The minimum Gasteiger partial charge on any atom is -0.473 e. The van der Waals surface area contributed by atoms with Gasteiger partial charge in [0.2, 0.25) is 5.88 Å². The first-order valence-electron chi connectivity index (χ1n) is 7.21. The predicted octanol–water partition coefficient (Wildman–Crippen LogP) is 0.400. The Morgan fingerprint density at radius 2 is 2.20 bits per heavy atom. The predicted molar refractivity (Wildman–Crippen MR) is 89.4 cm³/mol. The van der Waals surface area contributed by atoms with Gasteiger partial charge in [-0.2, -0.15) is 10.4 Å². The van der Waals surface area contributed by atoms with Gasteiger partial charge in [-0.3, -0.25) is 0 Å². The second kappa shape index (κ2) is 7.85. The molecule has 0 atom stereocenters. The van der Waals surface area contributed by atoms with Crippen molar-refractivity contribution in [2.24, 2.45) is 18.6 Å². The van der Waals surface area contributed by atoms with Gasteiger partial charge in [-0.1, -0.05) is 18.2 Å². The summed E-state index contributed by atoms with van der Waals surface area (Å²) in [5.41, 5.74) is 10.1. The number of allylic oxidation sites excluding steroid dienone is 1. The van der Waals surface area contributed by atoms with Gasteiger partial charge >= 0.3 is 5.97 Å². The highest BCUT2D eigenvalue weighted by Crippen LogP contribution is 2.17. The topological polar surface area (TPSA) is 141 Å². The van der Waals surface area contributed by atoms with Crippen molar-refractivity contribution in [2.45, 2.75) is 6.61 Å². The van der Waals surface area contributed by atoms with Crippen LogP contribution in [-0.2, 0) is 18.4 Å². The molecule has 0 amide bonds. The van der Waals surface area contributed by atoms with E-state index in [0.29, 0.717) is 11.4 Å². The van der Waals surface area contributed by atoms with E-state index in [1.54, 1.807) is 25.2 Å². The Kier molecular flexibility index (Phi) is 5.60. The number of ether oxygens (including phenoxy) is 2. The minimum absolute atomic E-state index is 0.0763. The second-order valence-corrected chi connectivity index (χ2v) is 5.02. The Morgan fingerprint density at radius 1 is 1.44 bits per heavy atom. The maximum absolute atomic E-state index is 11.5. The molecule has 1 aromatic carbocycles. The van der Waals surface area contributed by atoms with Crippen molar-refractivity contribution < 1.29 is 14.3 Å². The van der Waals surface area contributed by atoms with Gasteiger partial charge in [0.25, 0.3) is 0 Å². The van der Waals surface area contributed by atoms with Gasteiger partial charge in [0.1, 0.15) is 12.7 Å². The maximum Gasteiger partial charge on any atom is 0.358 e. The van der Waals surface area contributed by atoms with E-state index < -0.39 is 5.97 Å². The molecule has 9 nitrogen and oxygen atoms in total. The number of hydrazine groups is 1. The molecule has 2 aromatic rings. The number of methoxy groups -OCH3 is 1. The van der Waals surface area contributed by atoms with Crippen LogP contribution >= 0.6 is 0 Å². The second-order valence-electron chi connectivity index (χ2n) is 5.02. The third-order valence-electron chi connectivity index (χ3n) is 3.38. The first kappa shape index (κ1) is 17.8. The van der Waals surface area contributed by atoms with E-state index in [4.69, 9.17) is 21.6 Å². The SMILES string of the molecule is COC(=O)c1cc(OCc2cccc(/C(N)=C(\C#N)NN)c2)n(C)n1. The number of aryl methyl sites for hydroxylation is 1. The summed E-state index contributed by atoms with van der Waals surface area (Å²) in [6.45, 7) is 0.221. The average molecular weight is 342 g/mol. The van der Waals surface area contributed by atoms with Crippen LogP contribution in [0.4, 0.5) is 0 Å². The number of hydrogen-bond donors (Lipinski definition) is 3. The molecule has 0 aliphatic carbocycles. The van der Waals surface area contributed by atoms with E-state index in [9.17, 15) is 4.79 Å². The monoisotopic (exact) mass is 342 g/mol. The van der Waals surface area contributed by atoms with E-state index in [2.05, 4.69) is 15.3 Å². The Hall–Kier alpha value is -3.51. The Labute approximate surface area is 144 Å². The minimum atomic E-state index is -0.538. The molecule has 2 rings (SSSR count). The summed E-state index contributed by atoms with van der Waals surface area (Å²) in [6.07, 6.45) is 0. The lowest BCUT2D eigenvalue weighted by Crippen LogP contribution is -2.23. The van der Waals surface area contributed by atoms with Crippen molar-refractivity contribution in [3.05, 3.63) is 52.8 Å². The number of benzene rings is 1. The molecule has 0 saturated carbocycles. The molecule has 1 heterocycles. The van der Waals surface area contributed by atoms with E-state index in [1.807, 2.05) is 12.1 Å². The number of carbonyl (C=O) groups excluding carboxylic acids is 1. The summed E-state index contributed by atoms with van der Waals surface area (Å²) in [5, 5.41) is 13.0. The van der Waals surface area contributed by atoms with Crippen LogP contribution in [0.3, 0.4) is 0 Å². The Bertz CT molecular complexity index is 850. The van der Waals surface area contributed by atoms with Crippen molar-refractivity contribution in [3.8, 4) is 11.9 Å². The van der Waals surface area contributed by atoms with Gasteiger partial charge in [-0.05, 0) is 11.6 Å². The summed E-state index contributed by atoms with van der Waals surface area (Å²) >= 11 is 0. The molecule has 0 saturated heterocycles. The number of rotatable bonds is 6. The van der Waals surface area contributed by atoms with Crippen LogP contribution in [0.2, 0.25) is 0 Å². The van der Waals surface area contributed by atoms with Crippen molar-refractivity contribution in [1.29, 1.82) is 5.26 Å². The molecule has 0 aliphatic rings. The van der Waals surface area contributed by atoms with Crippen molar-refractivity contribution in [2.75, 3.05) is 7.11 Å². The van der Waals surface area contributed by atoms with Crippen LogP contribution in [-0.4, -0.2) is 22.9 Å². The summed E-state index contributed by atoms with van der Waals surface area (Å²) in [7, 11) is 2.94. The zero-order chi connectivity index (χ0) is 18.4. The molecule has 5 N–H and O–H groups in total. The quantitative estimate of drug-likeness (QED) is 0.296. The molecule has 0 unspecified atom stereocenters. The fraction of sp³-hybridized carbons (Fsp3) is 0.188. The number of nitrogens with two attached hydrogens (primary N) is 2. The van der Waals surface area contributed by atoms with Crippen LogP contribution in [0.15, 0.2) is 36.0 Å². The van der Waals surface area contributed by atoms with Gasteiger partial charge in [-0.25, -0.2) is 15.3 Å². The number of nitrogens with one attached hydrogen (secondary N) is 1. The van der Waals surface area contributed by atoms with E-state index >= 15 is 0 Å². The lowest BCUT2D eigenvalue weighted by molar-refractivity contribution is 0.0593. The highest BCUT2D eigenvalue weighted by molar-refractivity contribution is 5.87. The van der Waals surface area contributed by atoms with Crippen LogP contribution < -0.4 is 21.7 Å². The maximum atomic E-state index is 11.5. The summed E-state index contributed by atoms with van der Waals surface area (Å²) < 4.78 is 11.7. The molecule has 1 aromatic heterocycles. The van der Waals surface area contributed by atoms with Gasteiger partial charge in [0.05, 0.1) is 12.8 Å². The fourth-order valence-electron chi connectivity index (χ4n) is 2.09. The molecule has 25 heavy (non-hydrogen) atoms. The molecule has 0 bridgehead atoms. The van der Waals surface area contributed by atoms with Crippen molar-refractivity contribution in [3.63, 3.8) is 0 Å². The molecule has 130 valence electrons. The highest BCUT2D eigenvalue weighted by Gasteiger charge is 2.14. The van der Waals surface area contributed by atoms with Crippen molar-refractivity contribution >= 4 is 11.7 Å². The molecule has 0 aliphatic heterocycles. The fourth-order valence-corrected chi connectivity index (χ4v) is 2.09. The molecule has 9 heteroatoms. The lowest BCUT2D eigenvalue weighted by atomic mass is 10.1. The third-order valence-corrected chi connectivity index (χ3v) is 3.38. The lowest BCUT2D eigenvalue weighted by Gasteiger charge is -2.09. The standard InChI is InChI=1S/C16H18N6O3/c1-22-14(7-12(21-22)16(23)24-2)25-9-10-4-3-5-11(6-10)15(18)13(8-17)20-19/h3-7,20H,9,18-19H2,1-2H3/b15-13-. The molecular weight excluding hydrogens is 324 g/mol. The highest BCUT2D eigenvalue weighted by atomic mass is 16.5. The largest absolute Gasteiger partial charge is 0.473 e. The number of esters is 1. The molecule has 0 radical (unpaired) electrons. The summed E-state index contributed by atoms with van der Waals surface area (Å²) in [4.78, 5) is 11.5. The Morgan fingerprint density at radius 3 is 2.84 bits per heavy atom. The van der Waals surface area contributed by atoms with Crippen LogP contribution in [0.1, 0.15) is 21.6 Å². The van der Waals surface area contributed by atoms with E-state index in [0.717, 1.165) is 5.56 Å².